The van der Waals surface area contributed by atoms with Gasteiger partial charge < -0.3 is 15.0 Å². The van der Waals surface area contributed by atoms with Crippen LogP contribution in [0.2, 0.25) is 5.02 Å². The molecule has 2 aliphatic heterocycles. The monoisotopic (exact) mass is 485 g/mol. The van der Waals surface area contributed by atoms with Crippen LogP contribution < -0.4 is 5.32 Å². The van der Waals surface area contributed by atoms with Crippen LogP contribution in [0.3, 0.4) is 0 Å². The Balaban J connectivity index is 1.15. The van der Waals surface area contributed by atoms with Gasteiger partial charge in [-0.1, -0.05) is 35.9 Å². The van der Waals surface area contributed by atoms with Gasteiger partial charge >= 0.3 is 0 Å². The Morgan fingerprint density at radius 1 is 1.06 bits per heavy atom. The molecule has 1 aromatic carbocycles. The second kappa shape index (κ2) is 10.0. The van der Waals surface area contributed by atoms with Gasteiger partial charge in [0.15, 0.2) is 5.69 Å². The molecule has 3 heterocycles. The summed E-state index contributed by atoms with van der Waals surface area (Å²) in [6, 6.07) is 7.87. The van der Waals surface area contributed by atoms with Gasteiger partial charge in [0.25, 0.3) is 5.91 Å². The van der Waals surface area contributed by atoms with Crippen molar-refractivity contribution in [2.45, 2.75) is 70.7 Å². The number of nitrogens with zero attached hydrogens (tertiary/aromatic N) is 4. The molecule has 0 radical (unpaired) electrons. The molecule has 1 N–H and O–H groups in total. The highest BCUT2D eigenvalue weighted by Crippen LogP contribution is 2.29. The summed E-state index contributed by atoms with van der Waals surface area (Å²) in [5, 5.41) is 12.4. The van der Waals surface area contributed by atoms with Crippen LogP contribution in [0.4, 0.5) is 0 Å². The van der Waals surface area contributed by atoms with Gasteiger partial charge in [-0.3, -0.25) is 9.59 Å². The van der Waals surface area contributed by atoms with Crippen molar-refractivity contribution in [2.24, 2.45) is 11.8 Å². The Morgan fingerprint density at radius 2 is 1.76 bits per heavy atom. The Bertz CT molecular complexity index is 1020. The summed E-state index contributed by atoms with van der Waals surface area (Å²) >= 11 is 5.99. The van der Waals surface area contributed by atoms with Crippen LogP contribution in [0.1, 0.15) is 73.3 Å². The molecule has 2 amide bonds. The van der Waals surface area contributed by atoms with Crippen LogP contribution in [0.25, 0.3) is 0 Å². The van der Waals surface area contributed by atoms with Crippen LogP contribution in [0.15, 0.2) is 24.3 Å². The van der Waals surface area contributed by atoms with Crippen molar-refractivity contribution in [3.05, 3.63) is 46.2 Å². The molecule has 3 aliphatic rings. The lowest BCUT2D eigenvalue weighted by atomic mass is 9.86. The number of hydrogen-bond donors (Lipinski definition) is 1. The molecule has 182 valence electrons. The predicted octanol–water partition coefficient (Wildman–Crippen LogP) is 3.75. The number of rotatable bonds is 4. The summed E-state index contributed by atoms with van der Waals surface area (Å²) in [5.74, 6) is 0.754. The van der Waals surface area contributed by atoms with E-state index < -0.39 is 0 Å². The number of halogens is 1. The van der Waals surface area contributed by atoms with Crippen LogP contribution in [-0.2, 0) is 22.7 Å². The van der Waals surface area contributed by atoms with Crippen LogP contribution in [0, 0.1) is 11.8 Å². The molecule has 8 nitrogen and oxygen atoms in total. The molecule has 9 heteroatoms. The van der Waals surface area contributed by atoms with E-state index in [0.717, 1.165) is 24.3 Å². The predicted molar refractivity (Wildman–Crippen MR) is 127 cm³/mol. The average Bonchev–Trinajstić information content (AvgIpc) is 3.29. The molecule has 34 heavy (non-hydrogen) atoms. The first-order chi connectivity index (χ1) is 16.5. The van der Waals surface area contributed by atoms with Gasteiger partial charge in [-0.05, 0) is 62.1 Å². The third-order valence-corrected chi connectivity index (χ3v) is 7.81. The molecule has 1 aromatic heterocycles. The highest BCUT2D eigenvalue weighted by Gasteiger charge is 2.33. The van der Waals surface area contributed by atoms with Gasteiger partial charge in [-0.15, -0.1) is 5.10 Å². The number of piperidine rings is 1. The molecule has 1 saturated heterocycles. The minimum Gasteiger partial charge on any atom is -0.365 e. The molecular formula is C25H32ClN5O3. The van der Waals surface area contributed by atoms with E-state index in [1.165, 1.54) is 12.8 Å². The quantitative estimate of drug-likeness (QED) is 0.712. The summed E-state index contributed by atoms with van der Waals surface area (Å²) in [5.41, 5.74) is 2.08. The third-order valence-electron chi connectivity index (χ3n) is 7.56. The first kappa shape index (κ1) is 23.3. The number of fused-ring (bicyclic) bond motifs is 1. The molecule has 0 bridgehead atoms. The van der Waals surface area contributed by atoms with Crippen LogP contribution in [-0.4, -0.2) is 50.8 Å². The number of benzene rings is 1. The van der Waals surface area contributed by atoms with Crippen molar-refractivity contribution in [3.63, 3.8) is 0 Å². The topological polar surface area (TPSA) is 89.4 Å². The third kappa shape index (κ3) is 4.98. The number of carbonyl (C=O) groups is 2. The van der Waals surface area contributed by atoms with Crippen molar-refractivity contribution in [1.82, 2.24) is 25.2 Å². The summed E-state index contributed by atoms with van der Waals surface area (Å²) < 4.78 is 7.79. The van der Waals surface area contributed by atoms with Crippen molar-refractivity contribution in [1.29, 1.82) is 0 Å². The minimum absolute atomic E-state index is 0.0269. The van der Waals surface area contributed by atoms with E-state index in [4.69, 9.17) is 16.3 Å². The van der Waals surface area contributed by atoms with Crippen molar-refractivity contribution < 1.29 is 14.3 Å². The second-order valence-electron chi connectivity index (χ2n) is 9.95. The van der Waals surface area contributed by atoms with Crippen LogP contribution >= 0.6 is 11.6 Å². The van der Waals surface area contributed by atoms with Gasteiger partial charge in [0.1, 0.15) is 6.10 Å². The number of amides is 2. The number of likely N-dealkylation sites (tertiary alicyclic amines) is 1. The SMILES string of the molecule is CC1CCC(NC(=O)C2CCN(C(=O)c3nnn4c3COC(c3ccc(Cl)cc3)C4)CC2)CC1. The zero-order chi connectivity index (χ0) is 23.7. The fourth-order valence-corrected chi connectivity index (χ4v) is 5.40. The van der Waals surface area contributed by atoms with Crippen molar-refractivity contribution >= 4 is 23.4 Å². The van der Waals surface area contributed by atoms with E-state index in [1.54, 1.807) is 9.58 Å². The molecular weight excluding hydrogens is 454 g/mol. The highest BCUT2D eigenvalue weighted by atomic mass is 35.5. The maximum Gasteiger partial charge on any atom is 0.276 e. The molecule has 1 aliphatic carbocycles. The van der Waals surface area contributed by atoms with Gasteiger partial charge in [0.2, 0.25) is 5.91 Å². The molecule has 5 rings (SSSR count). The number of carbonyl (C=O) groups excluding carboxylic acids is 2. The highest BCUT2D eigenvalue weighted by molar-refractivity contribution is 6.30. The Labute approximate surface area is 205 Å². The lowest BCUT2D eigenvalue weighted by molar-refractivity contribution is -0.127. The number of ether oxygens (including phenoxy) is 1. The van der Waals surface area contributed by atoms with Gasteiger partial charge in [0.05, 0.1) is 18.8 Å². The fraction of sp³-hybridized carbons (Fsp3) is 0.600. The molecule has 1 saturated carbocycles. The molecule has 2 fully saturated rings. The number of hydrogen-bond acceptors (Lipinski definition) is 5. The summed E-state index contributed by atoms with van der Waals surface area (Å²) in [6.45, 7) is 4.17. The van der Waals surface area contributed by atoms with Crippen molar-refractivity contribution in [3.8, 4) is 0 Å². The maximum atomic E-state index is 13.2. The molecule has 2 aromatic rings. The van der Waals surface area contributed by atoms with E-state index in [-0.39, 0.29) is 30.4 Å². The van der Waals surface area contributed by atoms with Gasteiger partial charge in [-0.2, -0.15) is 0 Å². The minimum atomic E-state index is -0.156. The standard InChI is InChI=1S/C25H32ClN5O3/c1-16-2-8-20(9-3-16)27-24(32)18-10-12-30(13-11-18)25(33)23-21-15-34-22(14-31(21)29-28-23)17-4-6-19(26)7-5-17/h4-7,16,18,20,22H,2-3,8-15H2,1H3,(H,27,32). The molecule has 1 unspecified atom stereocenters. The lowest BCUT2D eigenvalue weighted by Gasteiger charge is -2.33. The summed E-state index contributed by atoms with van der Waals surface area (Å²) in [6.07, 6.45) is 5.72. The zero-order valence-corrected chi connectivity index (χ0v) is 20.3. The average molecular weight is 486 g/mol. The van der Waals surface area contributed by atoms with Gasteiger partial charge in [0, 0.05) is 30.1 Å². The Kier molecular flexibility index (Phi) is 6.88. The van der Waals surface area contributed by atoms with E-state index in [2.05, 4.69) is 22.6 Å². The smallest absolute Gasteiger partial charge is 0.276 e. The summed E-state index contributed by atoms with van der Waals surface area (Å²) in [4.78, 5) is 27.7. The first-order valence-corrected chi connectivity index (χ1v) is 12.7. The second-order valence-corrected chi connectivity index (χ2v) is 10.4. The van der Waals surface area contributed by atoms with E-state index >= 15 is 0 Å². The van der Waals surface area contributed by atoms with Crippen LogP contribution in [0.5, 0.6) is 0 Å². The zero-order valence-electron chi connectivity index (χ0n) is 19.6. The van der Waals surface area contributed by atoms with Gasteiger partial charge in [-0.25, -0.2) is 4.68 Å². The number of aromatic nitrogens is 3. The first-order valence-electron chi connectivity index (χ1n) is 12.4. The van der Waals surface area contributed by atoms with E-state index in [0.29, 0.717) is 54.9 Å². The fourth-order valence-electron chi connectivity index (χ4n) is 5.27. The Morgan fingerprint density at radius 3 is 2.47 bits per heavy atom. The normalized spacial score (nSPS) is 25.6. The van der Waals surface area contributed by atoms with Crippen molar-refractivity contribution in [2.75, 3.05) is 13.1 Å². The maximum absolute atomic E-state index is 13.2. The largest absolute Gasteiger partial charge is 0.365 e. The van der Waals surface area contributed by atoms with E-state index in [1.807, 2.05) is 24.3 Å². The number of nitrogens with one attached hydrogen (secondary N) is 1. The molecule has 1 atom stereocenters. The lowest BCUT2D eigenvalue weighted by Crippen LogP contribution is -2.46. The molecule has 0 spiro atoms. The summed E-state index contributed by atoms with van der Waals surface area (Å²) in [7, 11) is 0. The Hall–Kier alpha value is -2.45. The van der Waals surface area contributed by atoms with E-state index in [9.17, 15) is 9.59 Å².